The minimum Gasteiger partial charge on any atom is -0.493 e. The molecule has 0 atom stereocenters. The molecule has 1 aromatic carbocycles. The van der Waals surface area contributed by atoms with Crippen molar-refractivity contribution in [3.8, 4) is 17.2 Å². The number of ether oxygens (including phenoxy) is 3. The molecule has 1 amide bonds. The molecular weight excluding hydrogens is 348 g/mol. The van der Waals surface area contributed by atoms with Crippen LogP contribution in [0.15, 0.2) is 18.2 Å². The summed E-state index contributed by atoms with van der Waals surface area (Å²) in [7, 11) is 4.64. The van der Waals surface area contributed by atoms with Gasteiger partial charge in [0.15, 0.2) is 11.5 Å². The fourth-order valence-electron chi connectivity index (χ4n) is 2.44. The summed E-state index contributed by atoms with van der Waals surface area (Å²) >= 11 is 0. The number of methoxy groups -OCH3 is 3. The lowest BCUT2D eigenvalue weighted by Gasteiger charge is -2.15. The zero-order chi connectivity index (χ0) is 20.0. The van der Waals surface area contributed by atoms with Crippen LogP contribution in [0.25, 0.3) is 0 Å². The molecule has 2 N–H and O–H groups in total. The van der Waals surface area contributed by atoms with Crippen molar-refractivity contribution in [1.82, 2.24) is 15.3 Å². The lowest BCUT2D eigenvalue weighted by Crippen LogP contribution is -2.28. The summed E-state index contributed by atoms with van der Waals surface area (Å²) in [6.07, 6.45) is 0. The first-order valence-corrected chi connectivity index (χ1v) is 8.58. The molecule has 0 fully saturated rings. The van der Waals surface area contributed by atoms with E-state index in [9.17, 15) is 4.79 Å². The maximum Gasteiger partial charge on any atom is 0.270 e. The highest BCUT2D eigenvalue weighted by atomic mass is 16.5. The second-order valence-electron chi connectivity index (χ2n) is 6.33. The van der Waals surface area contributed by atoms with Crippen LogP contribution < -0.4 is 24.8 Å². The van der Waals surface area contributed by atoms with Crippen LogP contribution in [0.3, 0.4) is 0 Å². The Labute approximate surface area is 159 Å². The van der Waals surface area contributed by atoms with Gasteiger partial charge in [0.1, 0.15) is 17.3 Å². The van der Waals surface area contributed by atoms with Crippen molar-refractivity contribution in [3.63, 3.8) is 0 Å². The second-order valence-corrected chi connectivity index (χ2v) is 6.33. The fourth-order valence-corrected chi connectivity index (χ4v) is 2.44. The predicted molar refractivity (Wildman–Crippen MR) is 103 cm³/mol. The Balaban J connectivity index is 2.31. The highest BCUT2D eigenvalue weighted by Gasteiger charge is 2.15. The molecule has 27 heavy (non-hydrogen) atoms. The Morgan fingerprint density at radius 1 is 1.04 bits per heavy atom. The molecule has 8 heteroatoms. The molecule has 0 unspecified atom stereocenters. The maximum absolute atomic E-state index is 12.3. The van der Waals surface area contributed by atoms with Gasteiger partial charge in [-0.25, -0.2) is 9.97 Å². The van der Waals surface area contributed by atoms with Crippen LogP contribution >= 0.6 is 0 Å². The highest BCUT2D eigenvalue weighted by molar-refractivity contribution is 5.93. The normalized spacial score (nSPS) is 10.5. The van der Waals surface area contributed by atoms with Crippen LogP contribution in [0.4, 0.5) is 11.5 Å². The van der Waals surface area contributed by atoms with E-state index in [1.54, 1.807) is 46.5 Å². The number of rotatable bonds is 8. The summed E-state index contributed by atoms with van der Waals surface area (Å²) in [6, 6.07) is 5.13. The average Bonchev–Trinajstić information content (AvgIpc) is 2.64. The van der Waals surface area contributed by atoms with Gasteiger partial charge in [0.25, 0.3) is 5.91 Å². The summed E-state index contributed by atoms with van der Waals surface area (Å²) in [5, 5.41) is 6.01. The Morgan fingerprint density at radius 3 is 2.19 bits per heavy atom. The van der Waals surface area contributed by atoms with E-state index in [2.05, 4.69) is 20.6 Å². The average molecular weight is 374 g/mol. The van der Waals surface area contributed by atoms with Gasteiger partial charge in [-0.15, -0.1) is 0 Å². The minimum absolute atomic E-state index is 0.234. The molecular formula is C19H26N4O4. The first-order chi connectivity index (χ1) is 12.9. The topological polar surface area (TPSA) is 94.6 Å². The van der Waals surface area contributed by atoms with Crippen LogP contribution in [0.1, 0.15) is 30.2 Å². The number of aryl methyl sites for hydroxylation is 1. The molecule has 8 nitrogen and oxygen atoms in total. The zero-order valence-electron chi connectivity index (χ0n) is 16.5. The lowest BCUT2D eigenvalue weighted by atomic mass is 10.2. The van der Waals surface area contributed by atoms with Crippen molar-refractivity contribution in [2.24, 2.45) is 5.92 Å². The van der Waals surface area contributed by atoms with Gasteiger partial charge in [0.2, 0.25) is 5.75 Å². The van der Waals surface area contributed by atoms with Gasteiger partial charge in [-0.1, -0.05) is 13.8 Å². The summed E-state index contributed by atoms with van der Waals surface area (Å²) in [5.41, 5.74) is 0.981. The number of anilines is 2. The van der Waals surface area contributed by atoms with E-state index >= 15 is 0 Å². The molecule has 0 saturated carbocycles. The molecule has 0 aliphatic carbocycles. The molecule has 0 spiro atoms. The summed E-state index contributed by atoms with van der Waals surface area (Å²) in [6.45, 7) is 6.38. The molecule has 0 aliphatic rings. The third-order valence-corrected chi connectivity index (χ3v) is 3.68. The highest BCUT2D eigenvalue weighted by Crippen LogP contribution is 2.40. The number of benzene rings is 1. The number of nitrogens with one attached hydrogen (secondary N) is 2. The van der Waals surface area contributed by atoms with Crippen LogP contribution in [-0.4, -0.2) is 43.7 Å². The fraction of sp³-hybridized carbons (Fsp3) is 0.421. The van der Waals surface area contributed by atoms with Crippen molar-refractivity contribution >= 4 is 17.4 Å². The Hall–Kier alpha value is -3.03. The monoisotopic (exact) mass is 374 g/mol. The van der Waals surface area contributed by atoms with Gasteiger partial charge in [-0.3, -0.25) is 4.79 Å². The third kappa shape index (κ3) is 5.22. The molecule has 0 bridgehead atoms. The first kappa shape index (κ1) is 20.3. The van der Waals surface area contributed by atoms with E-state index in [0.29, 0.717) is 52.7 Å². The summed E-state index contributed by atoms with van der Waals surface area (Å²) < 4.78 is 16.0. The number of hydrogen-bond donors (Lipinski definition) is 2. The lowest BCUT2D eigenvalue weighted by molar-refractivity contribution is 0.0943. The van der Waals surface area contributed by atoms with Gasteiger partial charge in [0.05, 0.1) is 21.3 Å². The van der Waals surface area contributed by atoms with Crippen LogP contribution in [-0.2, 0) is 0 Å². The molecule has 0 radical (unpaired) electrons. The minimum atomic E-state index is -0.234. The van der Waals surface area contributed by atoms with Crippen molar-refractivity contribution in [2.45, 2.75) is 20.8 Å². The van der Waals surface area contributed by atoms with E-state index in [1.807, 2.05) is 13.8 Å². The smallest absolute Gasteiger partial charge is 0.270 e. The number of nitrogens with zero attached hydrogens (tertiary/aromatic N) is 2. The van der Waals surface area contributed by atoms with Crippen molar-refractivity contribution in [2.75, 3.05) is 33.2 Å². The molecule has 2 rings (SSSR count). The second kappa shape index (κ2) is 9.07. The van der Waals surface area contributed by atoms with Gasteiger partial charge < -0.3 is 24.8 Å². The standard InChI is InChI=1S/C19H26N4O4/c1-11(2)10-20-19(24)14-9-17(22-12(3)21-14)23-13-7-15(25-4)18(27-6)16(8-13)26-5/h7-9,11H,10H2,1-6H3,(H,20,24)(H,21,22,23). The van der Waals surface area contributed by atoms with E-state index in [0.717, 1.165) is 0 Å². The Kier molecular flexibility index (Phi) is 6.81. The molecule has 2 aromatic rings. The maximum atomic E-state index is 12.3. The van der Waals surface area contributed by atoms with Crippen molar-refractivity contribution in [3.05, 3.63) is 29.7 Å². The molecule has 1 aromatic heterocycles. The van der Waals surface area contributed by atoms with E-state index < -0.39 is 0 Å². The van der Waals surface area contributed by atoms with E-state index in [4.69, 9.17) is 14.2 Å². The number of amides is 1. The molecule has 0 aliphatic heterocycles. The van der Waals surface area contributed by atoms with Gasteiger partial charge in [-0.2, -0.15) is 0 Å². The molecule has 1 heterocycles. The van der Waals surface area contributed by atoms with Gasteiger partial charge in [0, 0.05) is 30.4 Å². The number of carbonyl (C=O) groups is 1. The Morgan fingerprint density at radius 2 is 1.67 bits per heavy atom. The summed E-state index contributed by atoms with van der Waals surface area (Å²) in [4.78, 5) is 20.9. The quantitative estimate of drug-likeness (QED) is 0.733. The van der Waals surface area contributed by atoms with Gasteiger partial charge >= 0.3 is 0 Å². The molecule has 146 valence electrons. The van der Waals surface area contributed by atoms with Crippen LogP contribution in [0, 0.1) is 12.8 Å². The van der Waals surface area contributed by atoms with Crippen LogP contribution in [0.2, 0.25) is 0 Å². The number of aromatic nitrogens is 2. The predicted octanol–water partition coefficient (Wildman–Crippen LogP) is 2.94. The Bertz CT molecular complexity index is 783. The largest absolute Gasteiger partial charge is 0.493 e. The van der Waals surface area contributed by atoms with Crippen LogP contribution in [0.5, 0.6) is 17.2 Å². The van der Waals surface area contributed by atoms with Gasteiger partial charge in [-0.05, 0) is 12.8 Å². The number of carbonyl (C=O) groups excluding carboxylic acids is 1. The van der Waals surface area contributed by atoms with Crippen molar-refractivity contribution < 1.29 is 19.0 Å². The van der Waals surface area contributed by atoms with E-state index in [1.165, 1.54) is 0 Å². The first-order valence-electron chi connectivity index (χ1n) is 8.58. The SMILES string of the molecule is COc1cc(Nc2cc(C(=O)NCC(C)C)nc(C)n2)cc(OC)c1OC. The molecule has 0 saturated heterocycles. The number of hydrogen-bond acceptors (Lipinski definition) is 7. The third-order valence-electron chi connectivity index (χ3n) is 3.68. The van der Waals surface area contributed by atoms with Crippen molar-refractivity contribution in [1.29, 1.82) is 0 Å². The zero-order valence-corrected chi connectivity index (χ0v) is 16.5. The summed E-state index contributed by atoms with van der Waals surface area (Å²) in [5.74, 6) is 2.63. The van der Waals surface area contributed by atoms with E-state index in [-0.39, 0.29) is 5.91 Å².